The third-order valence-electron chi connectivity index (χ3n) is 7.62. The van der Waals surface area contributed by atoms with E-state index in [-0.39, 0.29) is 28.2 Å². The Kier molecular flexibility index (Phi) is 11.8. The van der Waals surface area contributed by atoms with Gasteiger partial charge in [0.15, 0.2) is 0 Å². The second-order valence-corrected chi connectivity index (χ2v) is 14.5. The van der Waals surface area contributed by atoms with E-state index in [2.05, 4.69) is 20.3 Å². The molecule has 3 amide bonds. The van der Waals surface area contributed by atoms with E-state index in [0.29, 0.717) is 0 Å². The molecule has 0 saturated heterocycles. The van der Waals surface area contributed by atoms with Crippen LogP contribution in [0.3, 0.4) is 0 Å². The van der Waals surface area contributed by atoms with E-state index in [1.807, 2.05) is 78.8 Å². The van der Waals surface area contributed by atoms with Gasteiger partial charge in [-0.1, -0.05) is 84.9 Å². The lowest BCUT2D eigenvalue weighted by Crippen LogP contribution is -2.61. The summed E-state index contributed by atoms with van der Waals surface area (Å²) in [5.74, 6) is -1.59. The monoisotopic (exact) mass is 613 g/mol. The highest BCUT2D eigenvalue weighted by Gasteiger charge is 2.41. The number of hydrogen-bond donors (Lipinski definition) is 3. The average molecular weight is 614 g/mol. The Labute approximate surface area is 256 Å². The second kappa shape index (κ2) is 14.3. The molecule has 0 aliphatic heterocycles. The fourth-order valence-electron chi connectivity index (χ4n) is 4.93. The molecule has 3 atom stereocenters. The highest BCUT2D eigenvalue weighted by atomic mass is 32.2. The molecule has 10 nitrogen and oxygen atoms in total. The molecule has 0 aliphatic rings. The van der Waals surface area contributed by atoms with Crippen molar-refractivity contribution in [3.05, 3.63) is 72.1 Å². The number of nitrogens with zero attached hydrogens (tertiary/aromatic N) is 2. The molecular formula is C32H47N5O5S. The van der Waals surface area contributed by atoms with Crippen LogP contribution in [0.15, 0.2) is 71.4 Å². The molecule has 236 valence electrons. The maximum absolute atomic E-state index is 14.0. The van der Waals surface area contributed by atoms with E-state index in [1.165, 1.54) is 30.2 Å². The molecule has 0 spiro atoms. The maximum atomic E-state index is 14.0. The maximum Gasteiger partial charge on any atom is 0.265 e. The normalized spacial score (nSPS) is 14.9. The van der Waals surface area contributed by atoms with Gasteiger partial charge in [-0.3, -0.25) is 19.4 Å². The number of pyridine rings is 1. The number of nitrogens with one attached hydrogen (secondary N) is 3. The number of benzene rings is 1. The van der Waals surface area contributed by atoms with Crippen molar-refractivity contribution in [2.75, 3.05) is 14.1 Å². The predicted octanol–water partition coefficient (Wildman–Crippen LogP) is 3.41. The zero-order valence-electron chi connectivity index (χ0n) is 26.9. The largest absolute Gasteiger partial charge is 0.342 e. The Morgan fingerprint density at radius 1 is 0.953 bits per heavy atom. The van der Waals surface area contributed by atoms with Crippen molar-refractivity contribution in [3.8, 4) is 0 Å². The van der Waals surface area contributed by atoms with Crippen molar-refractivity contribution in [2.45, 2.75) is 83.8 Å². The molecule has 0 radical (unpaired) electrons. The Bertz CT molecular complexity index is 1400. The summed E-state index contributed by atoms with van der Waals surface area (Å²) in [4.78, 5) is 45.8. The molecule has 11 heteroatoms. The van der Waals surface area contributed by atoms with Gasteiger partial charge in [0.1, 0.15) is 10.9 Å². The number of likely N-dealkylation sites (N-methyl/N-ethyl adjacent to an activating group) is 2. The molecule has 1 aromatic carbocycles. The van der Waals surface area contributed by atoms with Gasteiger partial charge >= 0.3 is 0 Å². The van der Waals surface area contributed by atoms with E-state index < -0.39 is 44.9 Å². The van der Waals surface area contributed by atoms with E-state index >= 15 is 0 Å². The zero-order valence-corrected chi connectivity index (χ0v) is 27.7. The lowest BCUT2D eigenvalue weighted by atomic mass is 9.76. The third kappa shape index (κ3) is 8.96. The number of rotatable bonds is 12. The molecule has 3 unspecified atom stereocenters. The van der Waals surface area contributed by atoms with Gasteiger partial charge in [-0.25, -0.2) is 13.1 Å². The molecule has 43 heavy (non-hydrogen) atoms. The summed E-state index contributed by atoms with van der Waals surface area (Å²) in [6, 6.07) is 10.4. The lowest BCUT2D eigenvalue weighted by Gasteiger charge is -2.40. The van der Waals surface area contributed by atoms with Crippen molar-refractivity contribution in [1.82, 2.24) is 25.2 Å². The van der Waals surface area contributed by atoms with Crippen molar-refractivity contribution < 1.29 is 22.8 Å². The smallest absolute Gasteiger partial charge is 0.265 e. The van der Waals surface area contributed by atoms with Crippen LogP contribution in [0, 0.1) is 11.3 Å². The van der Waals surface area contributed by atoms with Gasteiger partial charge in [-0.2, -0.15) is 0 Å². The van der Waals surface area contributed by atoms with Crippen molar-refractivity contribution >= 4 is 27.7 Å². The summed E-state index contributed by atoms with van der Waals surface area (Å²) in [6.07, 6.45) is 4.16. The van der Waals surface area contributed by atoms with E-state index in [0.717, 1.165) is 11.8 Å². The summed E-state index contributed by atoms with van der Waals surface area (Å²) >= 11 is 0. The number of aromatic nitrogens is 1. The second-order valence-electron chi connectivity index (χ2n) is 12.8. The molecule has 1 heterocycles. The van der Waals surface area contributed by atoms with Crippen LogP contribution in [0.25, 0.3) is 0 Å². The van der Waals surface area contributed by atoms with Crippen LogP contribution in [0.4, 0.5) is 0 Å². The van der Waals surface area contributed by atoms with Gasteiger partial charge in [0.25, 0.3) is 15.9 Å². The van der Waals surface area contributed by atoms with Gasteiger partial charge in [-0.05, 0) is 43.0 Å². The fourth-order valence-corrected chi connectivity index (χ4v) is 5.91. The first kappa shape index (κ1) is 35.6. The Morgan fingerprint density at radius 3 is 2.05 bits per heavy atom. The predicted molar refractivity (Wildman–Crippen MR) is 168 cm³/mol. The third-order valence-corrected chi connectivity index (χ3v) is 8.93. The SMILES string of the molecule is CNC(C(=O)NC(C(=O)N(C)C(C=C(C)C(=O)NS(=O)(=O)c1cccnc1)C(C)C)C(C)(C)C)C(C)(C)c1ccccc1. The number of carbonyl (C=O) groups is 3. The minimum absolute atomic E-state index is 0.127. The molecule has 2 rings (SSSR count). The van der Waals surface area contributed by atoms with Crippen molar-refractivity contribution in [2.24, 2.45) is 11.3 Å². The standard InChI is InChI=1S/C32H47N5O5S/c1-21(2)25(19-22(3)28(38)36-43(41,42)24-17-14-18-34-20-24)37(10)30(40)27(31(4,5)6)35-29(39)26(33-9)32(7,8)23-15-12-11-13-16-23/h11-21,25-27,33H,1-10H3,(H,35,39)(H,36,38). The quantitative estimate of drug-likeness (QED) is 0.312. The van der Waals surface area contributed by atoms with Crippen LogP contribution in [0.1, 0.15) is 61.0 Å². The first-order valence-electron chi connectivity index (χ1n) is 14.3. The van der Waals surface area contributed by atoms with Crippen molar-refractivity contribution in [1.29, 1.82) is 0 Å². The molecule has 0 fully saturated rings. The van der Waals surface area contributed by atoms with Crippen LogP contribution in [0.5, 0.6) is 0 Å². The van der Waals surface area contributed by atoms with Gasteiger partial charge in [-0.15, -0.1) is 0 Å². The van der Waals surface area contributed by atoms with E-state index in [4.69, 9.17) is 0 Å². The van der Waals surface area contributed by atoms with Gasteiger partial charge in [0.05, 0.1) is 12.1 Å². The molecule has 1 aromatic heterocycles. The first-order chi connectivity index (χ1) is 19.8. The highest BCUT2D eigenvalue weighted by molar-refractivity contribution is 7.90. The molecule has 3 N–H and O–H groups in total. The molecule has 2 aromatic rings. The number of carbonyl (C=O) groups excluding carboxylic acids is 3. The first-order valence-corrected chi connectivity index (χ1v) is 15.8. The minimum Gasteiger partial charge on any atom is -0.342 e. The lowest BCUT2D eigenvalue weighted by molar-refractivity contribution is -0.140. The van der Waals surface area contributed by atoms with Crippen LogP contribution in [-0.4, -0.2) is 68.2 Å². The van der Waals surface area contributed by atoms with Crippen molar-refractivity contribution in [3.63, 3.8) is 0 Å². The molecule has 0 saturated carbocycles. The summed E-state index contributed by atoms with van der Waals surface area (Å²) in [7, 11) is -0.784. The topological polar surface area (TPSA) is 138 Å². The molecule has 0 aliphatic carbocycles. The van der Waals surface area contributed by atoms with Crippen LogP contribution in [-0.2, 0) is 29.8 Å². The summed E-state index contributed by atoms with van der Waals surface area (Å²) < 4.78 is 27.3. The Balaban J connectivity index is 2.33. The van der Waals surface area contributed by atoms with E-state index in [9.17, 15) is 22.8 Å². The van der Waals surface area contributed by atoms with Crippen LogP contribution in [0.2, 0.25) is 0 Å². The van der Waals surface area contributed by atoms with Gasteiger partial charge in [0.2, 0.25) is 11.8 Å². The van der Waals surface area contributed by atoms with E-state index in [1.54, 1.807) is 20.2 Å². The zero-order chi connectivity index (χ0) is 32.8. The number of sulfonamides is 1. The van der Waals surface area contributed by atoms with Crippen LogP contribution >= 0.6 is 0 Å². The fraction of sp³-hybridized carbons (Fsp3) is 0.500. The Hall–Kier alpha value is -3.57. The van der Waals surface area contributed by atoms with Gasteiger partial charge in [0, 0.05) is 30.4 Å². The van der Waals surface area contributed by atoms with Gasteiger partial charge < -0.3 is 15.5 Å². The highest BCUT2D eigenvalue weighted by Crippen LogP contribution is 2.29. The molecule has 0 bridgehead atoms. The average Bonchev–Trinajstić information content (AvgIpc) is 2.93. The summed E-state index contributed by atoms with van der Waals surface area (Å²) in [5, 5.41) is 6.14. The minimum atomic E-state index is -4.12. The summed E-state index contributed by atoms with van der Waals surface area (Å²) in [6.45, 7) is 14.9. The van der Waals surface area contributed by atoms with Crippen LogP contribution < -0.4 is 15.4 Å². The molecular weight excluding hydrogens is 566 g/mol. The number of hydrogen-bond acceptors (Lipinski definition) is 7. The number of amides is 3. The summed E-state index contributed by atoms with van der Waals surface area (Å²) in [5.41, 5.74) is -0.126. The Morgan fingerprint density at radius 2 is 1.56 bits per heavy atom.